The highest BCUT2D eigenvalue weighted by atomic mass is 16.5. The molecule has 6 nitrogen and oxygen atoms in total. The van der Waals surface area contributed by atoms with Crippen LogP contribution in [0, 0.1) is 0 Å². The van der Waals surface area contributed by atoms with E-state index in [1.165, 1.54) is 0 Å². The Labute approximate surface area is 257 Å². The molecule has 0 saturated heterocycles. The van der Waals surface area contributed by atoms with Gasteiger partial charge in [0.05, 0.1) is 12.5 Å². The van der Waals surface area contributed by atoms with Gasteiger partial charge in [-0.15, -0.1) is 0 Å². The van der Waals surface area contributed by atoms with Gasteiger partial charge in [0.15, 0.2) is 11.5 Å². The Hall–Kier alpha value is -4.97. The van der Waals surface area contributed by atoms with E-state index in [9.17, 15) is 9.90 Å². The number of benzene rings is 4. The highest BCUT2D eigenvalue weighted by molar-refractivity contribution is 5.98. The van der Waals surface area contributed by atoms with E-state index in [2.05, 4.69) is 0 Å². The van der Waals surface area contributed by atoms with Gasteiger partial charge in [-0.05, 0) is 51.7 Å². The number of hydrogen-bond donors (Lipinski definition) is 1. The molecular weight excluding hydrogens is 552 g/mol. The molecule has 4 aromatic carbocycles. The number of ether oxygens (including phenoxy) is 3. The number of phenolic OH excluding ortho intramolecular Hbond substituents is 1. The molecule has 0 amide bonds. The van der Waals surface area contributed by atoms with E-state index in [0.29, 0.717) is 65.4 Å². The molecule has 0 spiro atoms. The number of hydrogen-bond acceptors (Lipinski definition) is 6. The van der Waals surface area contributed by atoms with Gasteiger partial charge in [0.2, 0.25) is 5.43 Å². The van der Waals surface area contributed by atoms with Crippen LogP contribution in [0.2, 0.25) is 0 Å². The van der Waals surface area contributed by atoms with E-state index in [0.717, 1.165) is 22.3 Å². The molecule has 5 rings (SSSR count). The summed E-state index contributed by atoms with van der Waals surface area (Å²) in [6.45, 7) is 8.59. The summed E-state index contributed by atoms with van der Waals surface area (Å²) in [5.41, 5.74) is 5.56. The lowest BCUT2D eigenvalue weighted by molar-refractivity contribution is 0.283. The van der Waals surface area contributed by atoms with E-state index >= 15 is 0 Å². The van der Waals surface area contributed by atoms with Crippen LogP contribution in [0.25, 0.3) is 21.9 Å². The highest BCUT2D eigenvalue weighted by Gasteiger charge is 2.24. The summed E-state index contributed by atoms with van der Waals surface area (Å²) >= 11 is 0. The molecule has 5 aromatic rings. The quantitative estimate of drug-likeness (QED) is 0.122. The third-order valence-electron chi connectivity index (χ3n) is 7.42. The number of methoxy groups -OCH3 is 1. The zero-order valence-electron chi connectivity index (χ0n) is 25.9. The van der Waals surface area contributed by atoms with Crippen LogP contribution in [-0.2, 0) is 26.1 Å². The molecule has 0 fully saturated rings. The van der Waals surface area contributed by atoms with Gasteiger partial charge >= 0.3 is 0 Å². The molecule has 6 heteroatoms. The van der Waals surface area contributed by atoms with Crippen molar-refractivity contribution in [3.8, 4) is 23.0 Å². The van der Waals surface area contributed by atoms with Crippen molar-refractivity contribution in [2.75, 3.05) is 7.11 Å². The van der Waals surface area contributed by atoms with E-state index in [4.69, 9.17) is 18.6 Å². The van der Waals surface area contributed by atoms with Crippen molar-refractivity contribution in [3.05, 3.63) is 129 Å². The van der Waals surface area contributed by atoms with Crippen molar-refractivity contribution < 1.29 is 23.7 Å². The van der Waals surface area contributed by atoms with Crippen molar-refractivity contribution in [1.82, 2.24) is 0 Å². The van der Waals surface area contributed by atoms with Gasteiger partial charge in [-0.25, -0.2) is 0 Å². The topological polar surface area (TPSA) is 78.1 Å². The summed E-state index contributed by atoms with van der Waals surface area (Å²) in [6.07, 6.45) is 4.84. The third kappa shape index (κ3) is 6.65. The maximum atomic E-state index is 14.3. The fraction of sp³-hybridized carbons (Fsp3) is 0.237. The van der Waals surface area contributed by atoms with E-state index < -0.39 is 0 Å². The van der Waals surface area contributed by atoms with Crippen LogP contribution in [-0.4, -0.2) is 12.2 Å². The minimum absolute atomic E-state index is 0.111. The SMILES string of the molecule is COc1c(OCc2ccccc2)cc2oc3cc(OCc4ccccc4)c(CC=C(C)C)c(O)c3c(=O)c2c1CC=C(C)C. The predicted octanol–water partition coefficient (Wildman–Crippen LogP) is 8.84. The Bertz CT molecular complexity index is 1890. The standard InChI is InChI=1S/C38H38O6/c1-24(2)16-18-28-30(42-22-26-12-8-6-9-13-26)20-32-35(36(28)39)37(40)34-29(19-17-25(3)4)38(41-5)33(21-31(34)44-32)43-23-27-14-10-7-11-15-27/h6-17,20-21,39H,18-19,22-23H2,1-5H3. The molecule has 44 heavy (non-hydrogen) atoms. The maximum Gasteiger partial charge on any atom is 0.204 e. The van der Waals surface area contributed by atoms with Crippen LogP contribution in [0.3, 0.4) is 0 Å². The highest BCUT2D eigenvalue weighted by Crippen LogP contribution is 2.42. The van der Waals surface area contributed by atoms with Gasteiger partial charge < -0.3 is 23.7 Å². The summed E-state index contributed by atoms with van der Waals surface area (Å²) in [4.78, 5) is 14.3. The van der Waals surface area contributed by atoms with Crippen LogP contribution >= 0.6 is 0 Å². The first-order chi connectivity index (χ1) is 21.3. The van der Waals surface area contributed by atoms with Gasteiger partial charge in [-0.2, -0.15) is 0 Å². The lowest BCUT2D eigenvalue weighted by Crippen LogP contribution is -2.10. The van der Waals surface area contributed by atoms with Crippen LogP contribution in [0.1, 0.15) is 49.9 Å². The summed E-state index contributed by atoms with van der Waals surface area (Å²) in [6, 6.07) is 23.0. The average molecular weight is 591 g/mol. The second-order valence-electron chi connectivity index (χ2n) is 11.3. The van der Waals surface area contributed by atoms with Gasteiger partial charge in [-0.1, -0.05) is 84.0 Å². The van der Waals surface area contributed by atoms with Crippen molar-refractivity contribution >= 4 is 21.9 Å². The van der Waals surface area contributed by atoms with Crippen LogP contribution in [0.4, 0.5) is 0 Å². The van der Waals surface area contributed by atoms with Gasteiger partial charge in [0.25, 0.3) is 0 Å². The lowest BCUT2D eigenvalue weighted by Gasteiger charge is -2.18. The zero-order chi connectivity index (χ0) is 31.2. The Kier molecular flexibility index (Phi) is 9.39. The van der Waals surface area contributed by atoms with Gasteiger partial charge in [-0.3, -0.25) is 4.79 Å². The summed E-state index contributed by atoms with van der Waals surface area (Å²) in [7, 11) is 1.57. The van der Waals surface area contributed by atoms with E-state index in [1.807, 2.05) is 101 Å². The molecule has 226 valence electrons. The van der Waals surface area contributed by atoms with Crippen LogP contribution in [0.15, 0.2) is 105 Å². The fourth-order valence-electron chi connectivity index (χ4n) is 5.14. The maximum absolute atomic E-state index is 14.3. The first-order valence-electron chi connectivity index (χ1n) is 14.7. The molecular formula is C38H38O6. The minimum atomic E-state index is -0.336. The molecule has 0 radical (unpaired) electrons. The number of allylic oxidation sites excluding steroid dienone is 4. The lowest BCUT2D eigenvalue weighted by atomic mass is 9.98. The zero-order valence-corrected chi connectivity index (χ0v) is 25.9. The molecule has 0 aliphatic carbocycles. The minimum Gasteiger partial charge on any atom is -0.507 e. The molecule has 0 aliphatic rings. The van der Waals surface area contributed by atoms with Crippen molar-refractivity contribution in [2.24, 2.45) is 0 Å². The van der Waals surface area contributed by atoms with Gasteiger partial charge in [0, 0.05) is 23.3 Å². The molecule has 1 heterocycles. The van der Waals surface area contributed by atoms with E-state index in [1.54, 1.807) is 19.2 Å². The normalized spacial score (nSPS) is 10.9. The first-order valence-corrected chi connectivity index (χ1v) is 14.7. The van der Waals surface area contributed by atoms with Crippen LogP contribution in [0.5, 0.6) is 23.0 Å². The Balaban J connectivity index is 1.73. The molecule has 0 unspecified atom stereocenters. The van der Waals surface area contributed by atoms with Crippen molar-refractivity contribution in [2.45, 2.75) is 53.8 Å². The van der Waals surface area contributed by atoms with Crippen LogP contribution < -0.4 is 19.6 Å². The second kappa shape index (κ2) is 13.6. The number of phenols is 1. The molecule has 0 aliphatic heterocycles. The summed E-state index contributed by atoms with van der Waals surface area (Å²) < 4.78 is 24.7. The smallest absolute Gasteiger partial charge is 0.204 e. The molecule has 0 atom stereocenters. The summed E-state index contributed by atoms with van der Waals surface area (Å²) in [5, 5.41) is 12.1. The molecule has 0 bridgehead atoms. The Morgan fingerprint density at radius 1 is 0.727 bits per heavy atom. The van der Waals surface area contributed by atoms with Crippen molar-refractivity contribution in [1.29, 1.82) is 0 Å². The van der Waals surface area contributed by atoms with E-state index in [-0.39, 0.29) is 22.1 Å². The number of rotatable bonds is 11. The van der Waals surface area contributed by atoms with Gasteiger partial charge in [0.1, 0.15) is 41.3 Å². The number of aromatic hydroxyl groups is 1. The Morgan fingerprint density at radius 2 is 1.23 bits per heavy atom. The third-order valence-corrected chi connectivity index (χ3v) is 7.42. The summed E-state index contributed by atoms with van der Waals surface area (Å²) in [5.74, 6) is 1.24. The largest absolute Gasteiger partial charge is 0.507 e. The first kappa shape index (κ1) is 30.5. The number of fused-ring (bicyclic) bond motifs is 2. The fourth-order valence-corrected chi connectivity index (χ4v) is 5.14. The Morgan fingerprint density at radius 3 is 1.77 bits per heavy atom. The molecule has 1 N–H and O–H groups in total. The molecule has 0 saturated carbocycles. The van der Waals surface area contributed by atoms with Crippen molar-refractivity contribution in [3.63, 3.8) is 0 Å². The second-order valence-corrected chi connectivity index (χ2v) is 11.3. The molecule has 1 aromatic heterocycles. The monoisotopic (exact) mass is 590 g/mol. The average Bonchev–Trinajstić information content (AvgIpc) is 3.01. The predicted molar refractivity (Wildman–Crippen MR) is 176 cm³/mol.